The van der Waals surface area contributed by atoms with Crippen LogP contribution in [-0.2, 0) is 0 Å². The van der Waals surface area contributed by atoms with Crippen molar-refractivity contribution < 1.29 is 18.6 Å². The molecule has 3 aliphatic heterocycles. The lowest BCUT2D eigenvalue weighted by molar-refractivity contribution is 0.0447. The highest BCUT2D eigenvalue weighted by molar-refractivity contribution is 6.02. The van der Waals surface area contributed by atoms with Gasteiger partial charge < -0.3 is 14.7 Å². The molecule has 0 amide bonds. The number of rotatable bonds is 6. The molecule has 9 heteroatoms. The molecule has 1 atom stereocenters. The van der Waals surface area contributed by atoms with Gasteiger partial charge in [0.1, 0.15) is 22.8 Å². The molecule has 7 nitrogen and oxygen atoms in total. The Morgan fingerprint density at radius 3 is 2.60 bits per heavy atom. The first-order chi connectivity index (χ1) is 20.8. The van der Waals surface area contributed by atoms with Crippen molar-refractivity contribution in [2.24, 2.45) is 0 Å². The molecule has 2 aromatic heterocycles. The summed E-state index contributed by atoms with van der Waals surface area (Å²) in [6, 6.07) is 8.30. The van der Waals surface area contributed by atoms with Crippen LogP contribution in [0.2, 0.25) is 0 Å². The van der Waals surface area contributed by atoms with Gasteiger partial charge in [-0.15, -0.1) is 6.42 Å². The van der Waals surface area contributed by atoms with Gasteiger partial charge >= 0.3 is 6.01 Å². The molecular formula is C34H35F2N5O2. The van der Waals surface area contributed by atoms with Crippen LogP contribution in [-0.4, -0.2) is 68.9 Å². The van der Waals surface area contributed by atoms with E-state index in [1.807, 2.05) is 11.0 Å². The lowest BCUT2D eigenvalue weighted by Crippen LogP contribution is -2.46. The van der Waals surface area contributed by atoms with E-state index in [0.717, 1.165) is 38.8 Å². The summed E-state index contributed by atoms with van der Waals surface area (Å²) in [6.45, 7) is 5.48. The SMILES string of the molecule is C#Cc1c(F)ccc2cccc(-c3ncc4c(N5CCC[C@@](C)(O)C5)nc(OCCC56CCCN5CCC6)nc4c3F)c12. The van der Waals surface area contributed by atoms with Crippen LogP contribution in [0.1, 0.15) is 57.4 Å². The van der Waals surface area contributed by atoms with Crippen molar-refractivity contribution >= 4 is 27.5 Å². The van der Waals surface area contributed by atoms with Gasteiger partial charge in [-0.1, -0.05) is 30.2 Å². The molecule has 3 fully saturated rings. The Kier molecular flexibility index (Phi) is 6.94. The quantitative estimate of drug-likeness (QED) is 0.285. The lowest BCUT2D eigenvalue weighted by Gasteiger charge is -2.38. The molecule has 0 radical (unpaired) electrons. The van der Waals surface area contributed by atoms with Crippen molar-refractivity contribution in [1.82, 2.24) is 19.9 Å². The summed E-state index contributed by atoms with van der Waals surface area (Å²) < 4.78 is 37.5. The van der Waals surface area contributed by atoms with E-state index in [4.69, 9.17) is 16.1 Å². The highest BCUT2D eigenvalue weighted by Crippen LogP contribution is 2.42. The third-order valence-electron chi connectivity index (χ3n) is 9.62. The number of ether oxygens (including phenoxy) is 1. The van der Waals surface area contributed by atoms with E-state index in [1.54, 1.807) is 31.3 Å². The van der Waals surface area contributed by atoms with Crippen molar-refractivity contribution in [1.29, 1.82) is 0 Å². The van der Waals surface area contributed by atoms with E-state index in [-0.39, 0.29) is 28.3 Å². The number of pyridine rings is 1. The van der Waals surface area contributed by atoms with Gasteiger partial charge in [-0.2, -0.15) is 9.97 Å². The predicted octanol–water partition coefficient (Wildman–Crippen LogP) is 5.85. The Labute approximate surface area is 249 Å². The second-order valence-corrected chi connectivity index (χ2v) is 12.5. The Morgan fingerprint density at radius 1 is 1.05 bits per heavy atom. The number of anilines is 1. The summed E-state index contributed by atoms with van der Waals surface area (Å²) in [6.07, 6.45) is 14.3. The maximum atomic E-state index is 16.6. The summed E-state index contributed by atoms with van der Waals surface area (Å²) in [7, 11) is 0. The van der Waals surface area contributed by atoms with E-state index in [2.05, 4.69) is 20.8 Å². The zero-order valence-electron chi connectivity index (χ0n) is 24.4. The van der Waals surface area contributed by atoms with Gasteiger partial charge in [0.05, 0.1) is 23.2 Å². The molecule has 4 aromatic rings. The molecule has 3 saturated heterocycles. The lowest BCUT2D eigenvalue weighted by atomic mass is 9.91. The molecule has 0 aliphatic carbocycles. The van der Waals surface area contributed by atoms with Crippen LogP contribution in [0.3, 0.4) is 0 Å². The Morgan fingerprint density at radius 2 is 1.84 bits per heavy atom. The van der Waals surface area contributed by atoms with Gasteiger partial charge in [0, 0.05) is 35.8 Å². The van der Waals surface area contributed by atoms with Crippen LogP contribution in [0.25, 0.3) is 32.9 Å². The Hall–Kier alpha value is -3.87. The molecule has 5 heterocycles. The van der Waals surface area contributed by atoms with Crippen molar-refractivity contribution in [3.63, 3.8) is 0 Å². The second kappa shape index (κ2) is 10.7. The highest BCUT2D eigenvalue weighted by atomic mass is 19.1. The van der Waals surface area contributed by atoms with Crippen LogP contribution in [0, 0.1) is 24.0 Å². The molecule has 222 valence electrons. The smallest absolute Gasteiger partial charge is 0.319 e. The van der Waals surface area contributed by atoms with Gasteiger partial charge in [0.2, 0.25) is 0 Å². The minimum absolute atomic E-state index is 0.0212. The number of hydrogen-bond donors (Lipinski definition) is 1. The zero-order chi connectivity index (χ0) is 29.8. The standard InChI is InChI=1S/C34H35F2N5O2/c1-3-23-26(35)11-10-22-8-4-9-24(27(22)23)29-28(36)30-25(20-37-29)31(40-16-5-12-33(2,42)21-40)39-32(38-30)43-19-15-34-13-6-17-41(34)18-7-14-34/h1,4,8-11,20,42H,5-7,12-19,21H2,2H3/t33-/m1/s1. The highest BCUT2D eigenvalue weighted by Gasteiger charge is 2.43. The summed E-state index contributed by atoms with van der Waals surface area (Å²) >= 11 is 0. The Bertz CT molecular complexity index is 1760. The maximum Gasteiger partial charge on any atom is 0.319 e. The van der Waals surface area contributed by atoms with Crippen molar-refractivity contribution in [3.05, 3.63) is 53.7 Å². The minimum Gasteiger partial charge on any atom is -0.463 e. The van der Waals surface area contributed by atoms with Gasteiger partial charge in [0.15, 0.2) is 5.82 Å². The number of benzene rings is 2. The summed E-state index contributed by atoms with van der Waals surface area (Å²) in [5, 5.41) is 12.4. The van der Waals surface area contributed by atoms with E-state index >= 15 is 4.39 Å². The van der Waals surface area contributed by atoms with Crippen LogP contribution < -0.4 is 9.64 Å². The van der Waals surface area contributed by atoms with Crippen molar-refractivity contribution in [2.75, 3.05) is 37.7 Å². The fourth-order valence-corrected chi connectivity index (χ4v) is 7.57. The van der Waals surface area contributed by atoms with Crippen molar-refractivity contribution in [2.45, 2.75) is 63.0 Å². The minimum atomic E-state index is -0.908. The van der Waals surface area contributed by atoms with E-state index in [1.165, 1.54) is 18.9 Å². The topological polar surface area (TPSA) is 74.6 Å². The molecule has 1 N–H and O–H groups in total. The fraction of sp³-hybridized carbons (Fsp3) is 0.441. The molecule has 0 unspecified atom stereocenters. The molecule has 3 aliphatic rings. The third-order valence-corrected chi connectivity index (χ3v) is 9.62. The van der Waals surface area contributed by atoms with Crippen LogP contribution >= 0.6 is 0 Å². The summed E-state index contributed by atoms with van der Waals surface area (Å²) in [5.41, 5.74) is -0.208. The first-order valence-corrected chi connectivity index (χ1v) is 15.2. The number of aliphatic hydroxyl groups is 1. The predicted molar refractivity (Wildman–Crippen MR) is 163 cm³/mol. The summed E-state index contributed by atoms with van der Waals surface area (Å²) in [4.78, 5) is 18.4. The largest absolute Gasteiger partial charge is 0.463 e. The van der Waals surface area contributed by atoms with E-state index in [9.17, 15) is 9.50 Å². The van der Waals surface area contributed by atoms with Crippen molar-refractivity contribution in [3.8, 4) is 29.6 Å². The normalized spacial score (nSPS) is 21.8. The molecular weight excluding hydrogens is 548 g/mol. The number of nitrogens with zero attached hydrogens (tertiary/aromatic N) is 5. The first kappa shape index (κ1) is 27.9. The Balaban J connectivity index is 1.33. The van der Waals surface area contributed by atoms with Crippen LogP contribution in [0.5, 0.6) is 6.01 Å². The van der Waals surface area contributed by atoms with Gasteiger partial charge in [0.25, 0.3) is 0 Å². The van der Waals surface area contributed by atoms with Crippen LogP contribution in [0.15, 0.2) is 36.5 Å². The molecule has 0 spiro atoms. The molecule has 7 rings (SSSR count). The number of β-amino-alcohol motifs (C(OH)–C–C–N with tert-alkyl or cyclic N) is 1. The average molecular weight is 584 g/mol. The number of terminal acetylenes is 1. The van der Waals surface area contributed by atoms with Gasteiger partial charge in [-0.25, -0.2) is 8.78 Å². The maximum absolute atomic E-state index is 16.6. The molecule has 0 saturated carbocycles. The third kappa shape index (κ3) is 4.87. The van der Waals surface area contributed by atoms with Gasteiger partial charge in [-0.05, 0) is 76.4 Å². The number of halogens is 2. The monoisotopic (exact) mass is 583 g/mol. The number of piperidine rings is 1. The first-order valence-electron chi connectivity index (χ1n) is 15.2. The number of aromatic nitrogens is 3. The molecule has 0 bridgehead atoms. The fourth-order valence-electron chi connectivity index (χ4n) is 7.57. The van der Waals surface area contributed by atoms with E-state index < -0.39 is 17.2 Å². The van der Waals surface area contributed by atoms with E-state index in [0.29, 0.717) is 53.7 Å². The number of fused-ring (bicyclic) bond motifs is 3. The second-order valence-electron chi connectivity index (χ2n) is 12.5. The molecule has 43 heavy (non-hydrogen) atoms. The number of hydrogen-bond acceptors (Lipinski definition) is 7. The van der Waals surface area contributed by atoms with Gasteiger partial charge in [-0.3, -0.25) is 9.88 Å². The molecule has 2 aromatic carbocycles. The van der Waals surface area contributed by atoms with Crippen LogP contribution in [0.4, 0.5) is 14.6 Å². The zero-order valence-corrected chi connectivity index (χ0v) is 24.4. The average Bonchev–Trinajstić information content (AvgIpc) is 3.57. The summed E-state index contributed by atoms with van der Waals surface area (Å²) in [5.74, 6) is 1.70.